The van der Waals surface area contributed by atoms with Crippen LogP contribution in [0.25, 0.3) is 0 Å². The van der Waals surface area contributed by atoms with Crippen molar-refractivity contribution in [2.24, 2.45) is 0 Å². The maximum Gasteiger partial charge on any atom is 0.414 e. The van der Waals surface area contributed by atoms with Gasteiger partial charge in [-0.25, -0.2) is 14.6 Å². The number of nitrogens with one attached hydrogen (secondary N) is 1. The molecule has 1 atom stereocenters. The molecule has 0 saturated carbocycles. The molecule has 0 saturated heterocycles. The third kappa shape index (κ3) is 9.45. The maximum atomic E-state index is 12.8. The number of ketones is 1. The highest BCUT2D eigenvalue weighted by Gasteiger charge is 2.16. The van der Waals surface area contributed by atoms with Gasteiger partial charge in [-0.1, -0.05) is 25.4 Å². The molecular weight excluding hydrogens is 434 g/mol. The second kappa shape index (κ2) is 14.2. The molecule has 0 spiro atoms. The molecule has 9 heteroatoms. The van der Waals surface area contributed by atoms with Crippen molar-refractivity contribution in [3.63, 3.8) is 0 Å². The summed E-state index contributed by atoms with van der Waals surface area (Å²) in [6, 6.07) is 10.8. The number of hydrogen-bond donors (Lipinski definition) is 3. The first-order valence-electron chi connectivity index (χ1n) is 10.4. The van der Waals surface area contributed by atoms with E-state index in [1.807, 2.05) is 6.07 Å². The highest BCUT2D eigenvalue weighted by molar-refractivity contribution is 6.30. The summed E-state index contributed by atoms with van der Waals surface area (Å²) in [6.07, 6.45) is 3.86. The minimum Gasteiger partial charge on any atom is -0.473 e. The molecule has 1 unspecified atom stereocenters. The number of pyridine rings is 1. The average molecular weight is 464 g/mol. The Morgan fingerprint density at radius 3 is 2.19 bits per heavy atom. The molecule has 2 rings (SSSR count). The smallest absolute Gasteiger partial charge is 0.414 e. The number of carbonyl (C=O) groups excluding carboxylic acids is 1. The molecule has 3 N–H and O–H groups in total. The second-order valence-corrected chi connectivity index (χ2v) is 7.50. The van der Waals surface area contributed by atoms with Crippen molar-refractivity contribution in [3.05, 3.63) is 58.7 Å². The normalized spacial score (nSPS) is 11.3. The monoisotopic (exact) mass is 463 g/mol. The largest absolute Gasteiger partial charge is 0.473 e. The number of hydrogen-bond acceptors (Lipinski definition) is 6. The number of halogens is 1. The van der Waals surface area contributed by atoms with Gasteiger partial charge in [0.25, 0.3) is 0 Å². The fourth-order valence-electron chi connectivity index (χ4n) is 2.93. The van der Waals surface area contributed by atoms with Crippen molar-refractivity contribution in [2.45, 2.75) is 39.7 Å². The van der Waals surface area contributed by atoms with E-state index in [1.54, 1.807) is 36.5 Å². The highest BCUT2D eigenvalue weighted by atomic mass is 35.5. The number of benzene rings is 1. The number of carbonyl (C=O) groups is 3. The summed E-state index contributed by atoms with van der Waals surface area (Å²) in [5.41, 5.74) is 1.20. The van der Waals surface area contributed by atoms with E-state index in [2.05, 4.69) is 36.0 Å². The Morgan fingerprint density at radius 1 is 1.06 bits per heavy atom. The summed E-state index contributed by atoms with van der Waals surface area (Å²) in [6.45, 7) is 9.77. The van der Waals surface area contributed by atoms with Crippen LogP contribution in [-0.4, -0.2) is 63.5 Å². The van der Waals surface area contributed by atoms with Gasteiger partial charge in [0, 0.05) is 22.8 Å². The minimum absolute atomic E-state index is 0.0485. The van der Waals surface area contributed by atoms with E-state index >= 15 is 0 Å². The molecule has 32 heavy (non-hydrogen) atoms. The molecule has 174 valence electrons. The van der Waals surface area contributed by atoms with Crippen LogP contribution in [0.3, 0.4) is 0 Å². The lowest BCUT2D eigenvalue weighted by Crippen LogP contribution is -2.26. The lowest BCUT2D eigenvalue weighted by atomic mass is 10.0. The molecule has 1 aromatic heterocycles. The molecule has 0 fully saturated rings. The van der Waals surface area contributed by atoms with E-state index in [4.69, 9.17) is 31.4 Å². The Bertz CT molecular complexity index is 873. The molecule has 0 radical (unpaired) electrons. The lowest BCUT2D eigenvalue weighted by molar-refractivity contribution is -0.159. The van der Waals surface area contributed by atoms with Gasteiger partial charge in [-0.2, -0.15) is 0 Å². The van der Waals surface area contributed by atoms with Crippen molar-refractivity contribution in [2.75, 3.05) is 25.0 Å². The van der Waals surface area contributed by atoms with Crippen LogP contribution in [-0.2, 0) is 9.59 Å². The number of carboxylic acid groups (broad SMARTS) is 2. The van der Waals surface area contributed by atoms with Crippen molar-refractivity contribution >= 4 is 35.1 Å². The van der Waals surface area contributed by atoms with Gasteiger partial charge in [-0.15, -0.1) is 0 Å². The third-order valence-corrected chi connectivity index (χ3v) is 4.98. The number of carboxylic acids is 2. The van der Waals surface area contributed by atoms with Crippen LogP contribution in [0.1, 0.15) is 49.5 Å². The van der Waals surface area contributed by atoms with Gasteiger partial charge in [-0.3, -0.25) is 4.79 Å². The number of anilines is 1. The Hall–Kier alpha value is -2.97. The minimum atomic E-state index is -1.82. The van der Waals surface area contributed by atoms with Gasteiger partial charge < -0.3 is 20.4 Å². The predicted octanol–water partition coefficient (Wildman–Crippen LogP) is 4.04. The van der Waals surface area contributed by atoms with E-state index in [0.717, 1.165) is 32.5 Å². The Morgan fingerprint density at radius 2 is 1.66 bits per heavy atom. The van der Waals surface area contributed by atoms with Crippen molar-refractivity contribution in [3.8, 4) is 0 Å². The Balaban J connectivity index is 0.000000751. The zero-order valence-electron chi connectivity index (χ0n) is 18.5. The van der Waals surface area contributed by atoms with Crippen LogP contribution in [0.4, 0.5) is 5.82 Å². The molecule has 2 aromatic rings. The number of rotatable bonds is 10. The third-order valence-electron chi connectivity index (χ3n) is 4.73. The number of nitrogens with zero attached hydrogens (tertiary/aromatic N) is 2. The van der Waals surface area contributed by atoms with Crippen LogP contribution in [0.5, 0.6) is 0 Å². The highest BCUT2D eigenvalue weighted by Crippen LogP contribution is 2.20. The molecular formula is C23H30ClN3O5. The molecule has 8 nitrogen and oxygen atoms in total. The molecule has 0 bridgehead atoms. The summed E-state index contributed by atoms with van der Waals surface area (Å²) in [5.74, 6) is -3.06. The summed E-state index contributed by atoms with van der Waals surface area (Å²) < 4.78 is 0. The van der Waals surface area contributed by atoms with Gasteiger partial charge in [0.15, 0.2) is 5.78 Å². The first-order chi connectivity index (χ1) is 15.2. The quantitative estimate of drug-likeness (QED) is 0.356. The van der Waals surface area contributed by atoms with Crippen molar-refractivity contribution in [1.29, 1.82) is 0 Å². The van der Waals surface area contributed by atoms with Gasteiger partial charge in [0.05, 0.1) is 5.56 Å². The molecule has 0 aliphatic heterocycles. The molecule has 1 heterocycles. The predicted molar refractivity (Wildman–Crippen MR) is 124 cm³/mol. The van der Waals surface area contributed by atoms with E-state index in [-0.39, 0.29) is 11.8 Å². The van der Waals surface area contributed by atoms with Gasteiger partial charge in [0.1, 0.15) is 5.82 Å². The summed E-state index contributed by atoms with van der Waals surface area (Å²) in [5, 5.41) is 18.8. The summed E-state index contributed by atoms with van der Waals surface area (Å²) in [7, 11) is 0. The Kier molecular flexibility index (Phi) is 12.0. The van der Waals surface area contributed by atoms with Gasteiger partial charge in [0.2, 0.25) is 0 Å². The summed E-state index contributed by atoms with van der Waals surface area (Å²) >= 11 is 5.91. The standard InChI is InChI=1S/C21H28ClN3O.C2H2O4/c1-4-25(5-2)15-7-8-16(3)24-21-19(9-6-14-23-21)20(26)17-10-12-18(22)13-11-17;3-1(4)2(5)6/h6,9-14,16H,4-5,7-8,15H2,1-3H3,(H,23,24);(H,3,4)(H,5,6). The first-order valence-corrected chi connectivity index (χ1v) is 10.8. The van der Waals surface area contributed by atoms with E-state index < -0.39 is 11.9 Å². The molecule has 0 amide bonds. The summed E-state index contributed by atoms with van der Waals surface area (Å²) in [4.78, 5) is 37.8. The zero-order chi connectivity index (χ0) is 24.1. The maximum absolute atomic E-state index is 12.8. The first kappa shape index (κ1) is 27.1. The zero-order valence-corrected chi connectivity index (χ0v) is 19.3. The van der Waals surface area contributed by atoms with Gasteiger partial charge >= 0.3 is 11.9 Å². The number of aromatic nitrogens is 1. The Labute approximate surface area is 193 Å². The van der Waals surface area contributed by atoms with E-state index in [9.17, 15) is 4.79 Å². The fourth-order valence-corrected chi connectivity index (χ4v) is 3.05. The van der Waals surface area contributed by atoms with Crippen molar-refractivity contribution < 1.29 is 24.6 Å². The lowest BCUT2D eigenvalue weighted by Gasteiger charge is -2.20. The SMILES string of the molecule is CCN(CC)CCCC(C)Nc1ncccc1C(=O)c1ccc(Cl)cc1.O=C(O)C(=O)O. The average Bonchev–Trinajstić information content (AvgIpc) is 2.77. The topological polar surface area (TPSA) is 120 Å². The van der Waals surface area contributed by atoms with E-state index in [0.29, 0.717) is 22.0 Å². The number of aliphatic carboxylic acids is 2. The van der Waals surface area contributed by atoms with Crippen LogP contribution in [0.2, 0.25) is 5.02 Å². The van der Waals surface area contributed by atoms with Crippen LogP contribution in [0.15, 0.2) is 42.6 Å². The van der Waals surface area contributed by atoms with Gasteiger partial charge in [-0.05, 0) is 75.8 Å². The fraction of sp³-hybridized carbons (Fsp3) is 0.391. The van der Waals surface area contributed by atoms with E-state index in [1.165, 1.54) is 0 Å². The second-order valence-electron chi connectivity index (χ2n) is 7.06. The van der Waals surface area contributed by atoms with Crippen LogP contribution in [0, 0.1) is 0 Å². The van der Waals surface area contributed by atoms with Crippen molar-refractivity contribution in [1.82, 2.24) is 9.88 Å². The van der Waals surface area contributed by atoms with Crippen LogP contribution >= 0.6 is 11.6 Å². The molecule has 0 aliphatic rings. The molecule has 0 aliphatic carbocycles. The van der Waals surface area contributed by atoms with Crippen LogP contribution < -0.4 is 5.32 Å². The molecule has 1 aromatic carbocycles.